The van der Waals surface area contributed by atoms with Gasteiger partial charge in [-0.1, -0.05) is 6.92 Å². The molecule has 0 amide bonds. The molecule has 54 valence electrons. The van der Waals surface area contributed by atoms with Gasteiger partial charge in [-0.05, 0) is 31.8 Å². The SMILES string of the molecule is C[C@H]1CCNCC[C@H]1N. The van der Waals surface area contributed by atoms with Crippen molar-refractivity contribution in [2.24, 2.45) is 11.7 Å². The Labute approximate surface area is 56.8 Å². The van der Waals surface area contributed by atoms with Gasteiger partial charge in [0.1, 0.15) is 0 Å². The van der Waals surface area contributed by atoms with Crippen LogP contribution in [0.1, 0.15) is 19.8 Å². The fraction of sp³-hybridized carbons (Fsp3) is 1.00. The van der Waals surface area contributed by atoms with E-state index in [4.69, 9.17) is 5.73 Å². The van der Waals surface area contributed by atoms with Gasteiger partial charge >= 0.3 is 0 Å². The van der Waals surface area contributed by atoms with Crippen molar-refractivity contribution >= 4 is 0 Å². The van der Waals surface area contributed by atoms with Crippen LogP contribution in [-0.2, 0) is 0 Å². The molecule has 2 nitrogen and oxygen atoms in total. The van der Waals surface area contributed by atoms with Crippen LogP contribution in [0.4, 0.5) is 0 Å². The first-order chi connectivity index (χ1) is 4.30. The molecule has 1 heterocycles. The predicted molar refractivity (Wildman–Crippen MR) is 39.2 cm³/mol. The van der Waals surface area contributed by atoms with Crippen LogP contribution in [0.15, 0.2) is 0 Å². The highest BCUT2D eigenvalue weighted by molar-refractivity contribution is 4.74. The van der Waals surface area contributed by atoms with Gasteiger partial charge in [0, 0.05) is 6.04 Å². The first-order valence-corrected chi connectivity index (χ1v) is 3.77. The third-order valence-electron chi connectivity index (χ3n) is 2.16. The molecule has 0 aromatic heterocycles. The molecule has 3 N–H and O–H groups in total. The van der Waals surface area contributed by atoms with Gasteiger partial charge in [-0.25, -0.2) is 0 Å². The van der Waals surface area contributed by atoms with Crippen LogP contribution in [-0.4, -0.2) is 19.1 Å². The second-order valence-electron chi connectivity index (χ2n) is 2.97. The van der Waals surface area contributed by atoms with Crippen molar-refractivity contribution in [3.8, 4) is 0 Å². The largest absolute Gasteiger partial charge is 0.327 e. The Morgan fingerprint density at radius 3 is 2.78 bits per heavy atom. The average Bonchev–Trinajstić information content (AvgIpc) is 1.99. The summed E-state index contributed by atoms with van der Waals surface area (Å²) in [5, 5.41) is 3.33. The van der Waals surface area contributed by atoms with E-state index in [0.29, 0.717) is 12.0 Å². The molecule has 1 saturated heterocycles. The van der Waals surface area contributed by atoms with Gasteiger partial charge in [-0.15, -0.1) is 0 Å². The Morgan fingerprint density at radius 2 is 2.00 bits per heavy atom. The van der Waals surface area contributed by atoms with E-state index in [9.17, 15) is 0 Å². The minimum atomic E-state index is 0.431. The topological polar surface area (TPSA) is 38.0 Å². The number of nitrogens with two attached hydrogens (primary N) is 1. The van der Waals surface area contributed by atoms with Gasteiger partial charge in [-0.3, -0.25) is 0 Å². The van der Waals surface area contributed by atoms with Gasteiger partial charge in [-0.2, -0.15) is 0 Å². The van der Waals surface area contributed by atoms with Gasteiger partial charge in [0.2, 0.25) is 0 Å². The van der Waals surface area contributed by atoms with Crippen molar-refractivity contribution in [2.75, 3.05) is 13.1 Å². The van der Waals surface area contributed by atoms with Crippen LogP contribution in [0, 0.1) is 5.92 Å². The van der Waals surface area contributed by atoms with Crippen molar-refractivity contribution in [1.82, 2.24) is 5.32 Å². The molecule has 0 radical (unpaired) electrons. The third kappa shape index (κ3) is 1.95. The Balaban J connectivity index is 2.32. The first-order valence-electron chi connectivity index (χ1n) is 3.77. The molecular weight excluding hydrogens is 112 g/mol. The molecule has 2 heteroatoms. The number of hydrogen-bond acceptors (Lipinski definition) is 2. The fourth-order valence-corrected chi connectivity index (χ4v) is 1.22. The van der Waals surface area contributed by atoms with Crippen molar-refractivity contribution in [3.05, 3.63) is 0 Å². The van der Waals surface area contributed by atoms with Crippen LogP contribution >= 0.6 is 0 Å². The third-order valence-corrected chi connectivity index (χ3v) is 2.16. The molecule has 9 heavy (non-hydrogen) atoms. The smallest absolute Gasteiger partial charge is 0.00770 e. The molecule has 0 saturated carbocycles. The Hall–Kier alpha value is -0.0800. The number of hydrogen-bond donors (Lipinski definition) is 2. The van der Waals surface area contributed by atoms with E-state index in [1.54, 1.807) is 0 Å². The summed E-state index contributed by atoms with van der Waals surface area (Å²) in [6, 6.07) is 0.431. The summed E-state index contributed by atoms with van der Waals surface area (Å²) in [6.07, 6.45) is 2.38. The Morgan fingerprint density at radius 1 is 1.33 bits per heavy atom. The van der Waals surface area contributed by atoms with Crippen molar-refractivity contribution in [3.63, 3.8) is 0 Å². The van der Waals surface area contributed by atoms with Crippen LogP contribution in [0.25, 0.3) is 0 Å². The minimum absolute atomic E-state index is 0.431. The molecule has 0 aliphatic carbocycles. The Bertz CT molecular complexity index is 73.0. The molecular formula is C7H16N2. The van der Waals surface area contributed by atoms with Gasteiger partial charge < -0.3 is 11.1 Å². The first kappa shape index (κ1) is 7.03. The zero-order valence-electron chi connectivity index (χ0n) is 6.06. The predicted octanol–water partition coefficient (Wildman–Crippen LogP) is 0.333. The highest BCUT2D eigenvalue weighted by atomic mass is 14.9. The summed E-state index contributed by atoms with van der Waals surface area (Å²) in [7, 11) is 0. The van der Waals surface area contributed by atoms with E-state index in [1.165, 1.54) is 6.42 Å². The van der Waals surface area contributed by atoms with Crippen molar-refractivity contribution in [2.45, 2.75) is 25.8 Å². The van der Waals surface area contributed by atoms with Crippen LogP contribution in [0.2, 0.25) is 0 Å². The second-order valence-corrected chi connectivity index (χ2v) is 2.97. The lowest BCUT2D eigenvalue weighted by Crippen LogP contribution is -2.27. The highest BCUT2D eigenvalue weighted by Gasteiger charge is 2.14. The lowest BCUT2D eigenvalue weighted by Gasteiger charge is -2.14. The van der Waals surface area contributed by atoms with Crippen molar-refractivity contribution in [1.29, 1.82) is 0 Å². The van der Waals surface area contributed by atoms with Crippen LogP contribution in [0.5, 0.6) is 0 Å². The van der Waals surface area contributed by atoms with E-state index < -0.39 is 0 Å². The molecule has 0 unspecified atom stereocenters. The summed E-state index contributed by atoms with van der Waals surface area (Å²) < 4.78 is 0. The molecule has 2 atom stereocenters. The second kappa shape index (κ2) is 3.18. The van der Waals surface area contributed by atoms with Crippen LogP contribution in [0.3, 0.4) is 0 Å². The zero-order valence-corrected chi connectivity index (χ0v) is 6.06. The number of nitrogens with one attached hydrogen (secondary N) is 1. The molecule has 0 aromatic rings. The zero-order chi connectivity index (χ0) is 6.69. The summed E-state index contributed by atoms with van der Waals surface area (Å²) in [4.78, 5) is 0. The minimum Gasteiger partial charge on any atom is -0.327 e. The molecule has 1 aliphatic rings. The molecule has 1 rings (SSSR count). The molecule has 1 aliphatic heterocycles. The van der Waals surface area contributed by atoms with E-state index in [-0.39, 0.29) is 0 Å². The molecule has 1 fully saturated rings. The summed E-state index contributed by atoms with van der Waals surface area (Å²) >= 11 is 0. The molecule has 0 spiro atoms. The average molecular weight is 128 g/mol. The van der Waals surface area contributed by atoms with Crippen LogP contribution < -0.4 is 11.1 Å². The molecule has 0 aromatic carbocycles. The highest BCUT2D eigenvalue weighted by Crippen LogP contribution is 2.10. The monoisotopic (exact) mass is 128 g/mol. The van der Waals surface area contributed by atoms with E-state index in [2.05, 4.69) is 12.2 Å². The van der Waals surface area contributed by atoms with Crippen molar-refractivity contribution < 1.29 is 0 Å². The van der Waals surface area contributed by atoms with Gasteiger partial charge in [0.15, 0.2) is 0 Å². The maximum absolute atomic E-state index is 5.84. The standard InChI is InChI=1S/C7H16N2/c1-6-2-4-9-5-3-7(6)8/h6-7,9H,2-5,8H2,1H3/t6-,7+/m0/s1. The normalized spacial score (nSPS) is 38.0. The van der Waals surface area contributed by atoms with E-state index >= 15 is 0 Å². The summed E-state index contributed by atoms with van der Waals surface area (Å²) in [6.45, 7) is 4.48. The van der Waals surface area contributed by atoms with Gasteiger partial charge in [0.05, 0.1) is 0 Å². The summed E-state index contributed by atoms with van der Waals surface area (Å²) in [5.74, 6) is 0.708. The van der Waals surface area contributed by atoms with E-state index in [1.807, 2.05) is 0 Å². The maximum Gasteiger partial charge on any atom is 0.00770 e. The van der Waals surface area contributed by atoms with Gasteiger partial charge in [0.25, 0.3) is 0 Å². The number of rotatable bonds is 0. The lowest BCUT2D eigenvalue weighted by molar-refractivity contribution is 0.444. The quantitative estimate of drug-likeness (QED) is 0.493. The lowest BCUT2D eigenvalue weighted by atomic mass is 9.98. The Kier molecular flexibility index (Phi) is 2.49. The molecule has 0 bridgehead atoms. The summed E-state index contributed by atoms with van der Waals surface area (Å²) in [5.41, 5.74) is 5.84. The van der Waals surface area contributed by atoms with E-state index in [0.717, 1.165) is 19.5 Å². The maximum atomic E-state index is 5.84. The fourth-order valence-electron chi connectivity index (χ4n) is 1.22.